The molecule has 0 saturated heterocycles. The van der Waals surface area contributed by atoms with Gasteiger partial charge in [-0.05, 0) is 43.2 Å². The zero-order valence-corrected chi connectivity index (χ0v) is 14.5. The minimum atomic E-state index is -0.486. The van der Waals surface area contributed by atoms with Crippen LogP contribution in [0.25, 0.3) is 0 Å². The summed E-state index contributed by atoms with van der Waals surface area (Å²) in [6, 6.07) is 12.9. The molecule has 0 radical (unpaired) electrons. The minimum absolute atomic E-state index is 0.303. The van der Waals surface area contributed by atoms with Crippen LogP contribution in [0.4, 0.5) is 5.69 Å². The first kappa shape index (κ1) is 18.2. The van der Waals surface area contributed by atoms with Crippen LogP contribution in [-0.2, 0) is 9.59 Å². The SMILES string of the molecule is COc1cc(C=NNC(=O)CC(=O)Nc2ccc(C)cc2)ccc1C. The number of amides is 2. The summed E-state index contributed by atoms with van der Waals surface area (Å²) in [4.78, 5) is 23.6. The fraction of sp³-hybridized carbons (Fsp3) is 0.211. The molecule has 0 unspecified atom stereocenters. The van der Waals surface area contributed by atoms with Crippen molar-refractivity contribution in [1.82, 2.24) is 5.43 Å². The molecule has 0 aliphatic carbocycles. The topological polar surface area (TPSA) is 79.8 Å². The van der Waals surface area contributed by atoms with E-state index in [1.165, 1.54) is 6.21 Å². The van der Waals surface area contributed by atoms with Crippen molar-refractivity contribution in [1.29, 1.82) is 0 Å². The summed E-state index contributed by atoms with van der Waals surface area (Å²) in [7, 11) is 1.59. The van der Waals surface area contributed by atoms with Crippen molar-refractivity contribution in [3.63, 3.8) is 0 Å². The van der Waals surface area contributed by atoms with Crippen LogP contribution in [0.2, 0.25) is 0 Å². The maximum absolute atomic E-state index is 11.8. The lowest BCUT2D eigenvalue weighted by atomic mass is 10.1. The molecule has 0 saturated carbocycles. The Morgan fingerprint density at radius 2 is 1.80 bits per heavy atom. The third-order valence-electron chi connectivity index (χ3n) is 3.49. The average molecular weight is 339 g/mol. The molecule has 6 nitrogen and oxygen atoms in total. The van der Waals surface area contributed by atoms with Gasteiger partial charge >= 0.3 is 0 Å². The number of hydrogen-bond acceptors (Lipinski definition) is 4. The molecule has 2 N–H and O–H groups in total. The Balaban J connectivity index is 1.83. The summed E-state index contributed by atoms with van der Waals surface area (Å²) in [5.74, 6) is -0.138. The molecule has 0 aliphatic heterocycles. The quantitative estimate of drug-likeness (QED) is 0.482. The Morgan fingerprint density at radius 1 is 1.08 bits per heavy atom. The number of rotatable bonds is 6. The number of ether oxygens (including phenoxy) is 1. The largest absolute Gasteiger partial charge is 0.496 e. The number of carbonyl (C=O) groups excluding carboxylic acids is 2. The van der Waals surface area contributed by atoms with E-state index < -0.39 is 11.8 Å². The highest BCUT2D eigenvalue weighted by Crippen LogP contribution is 2.17. The standard InChI is InChI=1S/C19H21N3O3/c1-13-4-8-16(9-5-13)21-18(23)11-19(24)22-20-12-15-7-6-14(2)17(10-15)25-3/h4-10,12H,11H2,1-3H3,(H,21,23)(H,22,24). The lowest BCUT2D eigenvalue weighted by Crippen LogP contribution is -2.24. The highest BCUT2D eigenvalue weighted by atomic mass is 16.5. The van der Waals surface area contributed by atoms with E-state index in [2.05, 4.69) is 15.8 Å². The first-order valence-electron chi connectivity index (χ1n) is 7.81. The monoisotopic (exact) mass is 339 g/mol. The molecule has 0 atom stereocenters. The molecule has 25 heavy (non-hydrogen) atoms. The van der Waals surface area contributed by atoms with Gasteiger partial charge in [0, 0.05) is 5.69 Å². The van der Waals surface area contributed by atoms with E-state index >= 15 is 0 Å². The van der Waals surface area contributed by atoms with Crippen LogP contribution >= 0.6 is 0 Å². The average Bonchev–Trinajstić information content (AvgIpc) is 2.58. The van der Waals surface area contributed by atoms with E-state index in [-0.39, 0.29) is 6.42 Å². The third-order valence-corrected chi connectivity index (χ3v) is 3.49. The Morgan fingerprint density at radius 3 is 2.48 bits per heavy atom. The highest BCUT2D eigenvalue weighted by Gasteiger charge is 2.08. The molecule has 130 valence electrons. The molecule has 0 aromatic heterocycles. The van der Waals surface area contributed by atoms with Crippen LogP contribution in [0, 0.1) is 13.8 Å². The maximum atomic E-state index is 11.8. The fourth-order valence-corrected chi connectivity index (χ4v) is 2.12. The number of nitrogens with zero attached hydrogens (tertiary/aromatic N) is 1. The molecule has 2 aromatic carbocycles. The zero-order valence-electron chi connectivity index (χ0n) is 14.5. The Bertz CT molecular complexity index is 783. The molecule has 2 amide bonds. The minimum Gasteiger partial charge on any atom is -0.496 e. The molecule has 6 heteroatoms. The number of carbonyl (C=O) groups is 2. The Hall–Kier alpha value is -3.15. The molecule has 2 aromatic rings. The van der Waals surface area contributed by atoms with E-state index in [0.717, 1.165) is 22.4 Å². The Labute approximate surface area is 146 Å². The number of benzene rings is 2. The van der Waals surface area contributed by atoms with Crippen molar-refractivity contribution in [3.8, 4) is 5.75 Å². The van der Waals surface area contributed by atoms with Gasteiger partial charge in [0.25, 0.3) is 0 Å². The van der Waals surface area contributed by atoms with E-state index in [0.29, 0.717) is 5.69 Å². The van der Waals surface area contributed by atoms with Crippen LogP contribution in [0.15, 0.2) is 47.6 Å². The number of nitrogens with one attached hydrogen (secondary N) is 2. The van der Waals surface area contributed by atoms with Gasteiger partial charge in [-0.2, -0.15) is 5.10 Å². The number of hydrazone groups is 1. The van der Waals surface area contributed by atoms with Crippen molar-refractivity contribution >= 4 is 23.7 Å². The van der Waals surface area contributed by atoms with Crippen LogP contribution in [-0.4, -0.2) is 25.1 Å². The van der Waals surface area contributed by atoms with Crippen LogP contribution in [0.1, 0.15) is 23.1 Å². The normalized spacial score (nSPS) is 10.5. The van der Waals surface area contributed by atoms with E-state index in [9.17, 15) is 9.59 Å². The number of aryl methyl sites for hydroxylation is 2. The van der Waals surface area contributed by atoms with Crippen molar-refractivity contribution < 1.29 is 14.3 Å². The number of anilines is 1. The second kappa shape index (κ2) is 8.63. The van der Waals surface area contributed by atoms with Gasteiger partial charge in [0.1, 0.15) is 12.2 Å². The van der Waals surface area contributed by atoms with Crippen LogP contribution in [0.3, 0.4) is 0 Å². The van der Waals surface area contributed by atoms with Crippen molar-refractivity contribution in [2.24, 2.45) is 5.10 Å². The van der Waals surface area contributed by atoms with Crippen LogP contribution in [0.5, 0.6) is 5.75 Å². The van der Waals surface area contributed by atoms with Gasteiger partial charge < -0.3 is 10.1 Å². The highest BCUT2D eigenvalue weighted by molar-refractivity contribution is 6.03. The van der Waals surface area contributed by atoms with E-state index in [1.807, 2.05) is 44.2 Å². The second-order valence-electron chi connectivity index (χ2n) is 5.61. The van der Waals surface area contributed by atoms with Crippen molar-refractivity contribution in [2.45, 2.75) is 20.3 Å². The smallest absolute Gasteiger partial charge is 0.249 e. The molecule has 0 bridgehead atoms. The fourth-order valence-electron chi connectivity index (χ4n) is 2.12. The van der Waals surface area contributed by atoms with Gasteiger partial charge in [0.05, 0.1) is 13.3 Å². The van der Waals surface area contributed by atoms with Gasteiger partial charge in [-0.25, -0.2) is 5.43 Å². The molecule has 0 spiro atoms. The molecular formula is C19H21N3O3. The summed E-state index contributed by atoms with van der Waals surface area (Å²) in [6.45, 7) is 3.90. The van der Waals surface area contributed by atoms with Crippen molar-refractivity contribution in [3.05, 3.63) is 59.2 Å². The summed E-state index contributed by atoms with van der Waals surface area (Å²) in [6.07, 6.45) is 1.19. The lowest BCUT2D eigenvalue weighted by Gasteiger charge is -2.05. The molecule has 0 aliphatic rings. The first-order valence-corrected chi connectivity index (χ1v) is 7.81. The maximum Gasteiger partial charge on any atom is 0.249 e. The van der Waals surface area contributed by atoms with Gasteiger partial charge in [-0.1, -0.05) is 29.8 Å². The summed E-state index contributed by atoms with van der Waals surface area (Å²) in [5.41, 5.74) is 5.88. The number of hydrogen-bond donors (Lipinski definition) is 2. The molecular weight excluding hydrogens is 318 g/mol. The second-order valence-corrected chi connectivity index (χ2v) is 5.61. The number of methoxy groups -OCH3 is 1. The molecule has 0 heterocycles. The van der Waals surface area contributed by atoms with E-state index in [4.69, 9.17) is 4.74 Å². The summed E-state index contributed by atoms with van der Waals surface area (Å²) >= 11 is 0. The van der Waals surface area contributed by atoms with E-state index in [1.54, 1.807) is 19.2 Å². The predicted octanol–water partition coefficient (Wildman–Crippen LogP) is 2.79. The van der Waals surface area contributed by atoms with Gasteiger partial charge in [0.2, 0.25) is 11.8 Å². The van der Waals surface area contributed by atoms with Crippen molar-refractivity contribution in [2.75, 3.05) is 12.4 Å². The third kappa shape index (κ3) is 5.76. The zero-order chi connectivity index (χ0) is 18.2. The molecule has 2 rings (SSSR count). The predicted molar refractivity (Wildman–Crippen MR) is 97.9 cm³/mol. The van der Waals surface area contributed by atoms with Crippen LogP contribution < -0.4 is 15.5 Å². The Kier molecular flexibility index (Phi) is 6.28. The lowest BCUT2D eigenvalue weighted by molar-refractivity contribution is -0.126. The summed E-state index contributed by atoms with van der Waals surface area (Å²) < 4.78 is 5.23. The first-order chi connectivity index (χ1) is 12.0. The van der Waals surface area contributed by atoms with Gasteiger partial charge in [0.15, 0.2) is 0 Å². The molecule has 0 fully saturated rings. The summed E-state index contributed by atoms with van der Waals surface area (Å²) in [5, 5.41) is 6.52. The van der Waals surface area contributed by atoms with Gasteiger partial charge in [-0.15, -0.1) is 0 Å². The van der Waals surface area contributed by atoms with Gasteiger partial charge in [-0.3, -0.25) is 9.59 Å².